The van der Waals surface area contributed by atoms with Crippen molar-refractivity contribution in [3.8, 4) is 11.4 Å². The average Bonchev–Trinajstić information content (AvgIpc) is 3.29. The second-order valence-electron chi connectivity index (χ2n) is 7.56. The van der Waals surface area contributed by atoms with Gasteiger partial charge in [0.15, 0.2) is 0 Å². The van der Waals surface area contributed by atoms with Gasteiger partial charge in [-0.25, -0.2) is 0 Å². The highest BCUT2D eigenvalue weighted by atomic mass is 16.5. The van der Waals surface area contributed by atoms with E-state index in [4.69, 9.17) is 4.52 Å². The predicted molar refractivity (Wildman–Crippen MR) is 114 cm³/mol. The van der Waals surface area contributed by atoms with E-state index in [1.807, 2.05) is 30.3 Å². The van der Waals surface area contributed by atoms with Crippen molar-refractivity contribution in [3.63, 3.8) is 0 Å². The Morgan fingerprint density at radius 1 is 1.06 bits per heavy atom. The Morgan fingerprint density at radius 3 is 2.71 bits per heavy atom. The van der Waals surface area contributed by atoms with Crippen LogP contribution < -0.4 is 5.32 Å². The molecule has 1 N–H and O–H groups in total. The molecular formula is C23H25N5O3. The number of amides is 2. The fourth-order valence-corrected chi connectivity index (χ4v) is 3.70. The minimum absolute atomic E-state index is 0.00941. The Balaban J connectivity index is 1.47. The highest BCUT2D eigenvalue weighted by molar-refractivity contribution is 5.92. The third-order valence-corrected chi connectivity index (χ3v) is 5.40. The van der Waals surface area contributed by atoms with E-state index in [1.165, 1.54) is 0 Å². The Bertz CT molecular complexity index is 1010. The number of nitrogens with zero attached hydrogens (tertiary/aromatic N) is 4. The zero-order valence-corrected chi connectivity index (χ0v) is 17.2. The maximum absolute atomic E-state index is 12.9. The van der Waals surface area contributed by atoms with Crippen LogP contribution in [0.25, 0.3) is 11.4 Å². The van der Waals surface area contributed by atoms with Crippen molar-refractivity contribution in [1.29, 1.82) is 0 Å². The van der Waals surface area contributed by atoms with Crippen LogP contribution in [-0.2, 0) is 4.79 Å². The summed E-state index contributed by atoms with van der Waals surface area (Å²) >= 11 is 0. The molecule has 8 heteroatoms. The van der Waals surface area contributed by atoms with Crippen LogP contribution >= 0.6 is 0 Å². The van der Waals surface area contributed by atoms with Crippen molar-refractivity contribution in [2.75, 3.05) is 19.6 Å². The van der Waals surface area contributed by atoms with Gasteiger partial charge < -0.3 is 14.7 Å². The molecule has 0 aliphatic carbocycles. The lowest BCUT2D eigenvalue weighted by Gasteiger charge is -2.22. The van der Waals surface area contributed by atoms with E-state index in [0.29, 0.717) is 43.5 Å². The van der Waals surface area contributed by atoms with E-state index < -0.39 is 0 Å². The summed E-state index contributed by atoms with van der Waals surface area (Å²) in [5, 5.41) is 7.06. The van der Waals surface area contributed by atoms with Gasteiger partial charge in [0, 0.05) is 43.7 Å². The maximum Gasteiger partial charge on any atom is 0.272 e. The molecule has 1 aliphatic heterocycles. The van der Waals surface area contributed by atoms with Crippen LogP contribution in [0.15, 0.2) is 59.3 Å². The van der Waals surface area contributed by atoms with Crippen molar-refractivity contribution in [1.82, 2.24) is 25.3 Å². The molecule has 3 aromatic rings. The first-order valence-electron chi connectivity index (χ1n) is 10.6. The molecule has 0 radical (unpaired) electrons. The molecule has 8 nitrogen and oxygen atoms in total. The number of aromatic nitrogens is 3. The van der Waals surface area contributed by atoms with E-state index in [0.717, 1.165) is 18.4 Å². The van der Waals surface area contributed by atoms with Crippen LogP contribution in [0.3, 0.4) is 0 Å². The first-order valence-corrected chi connectivity index (χ1v) is 10.6. The summed E-state index contributed by atoms with van der Waals surface area (Å²) in [7, 11) is 0. The summed E-state index contributed by atoms with van der Waals surface area (Å²) < 4.78 is 5.56. The maximum atomic E-state index is 12.9. The Hall–Kier alpha value is -3.55. The van der Waals surface area contributed by atoms with Gasteiger partial charge in [-0.3, -0.25) is 14.6 Å². The Morgan fingerprint density at radius 2 is 1.90 bits per heavy atom. The van der Waals surface area contributed by atoms with Gasteiger partial charge in [0.1, 0.15) is 5.69 Å². The van der Waals surface area contributed by atoms with Crippen LogP contribution in [0, 0.1) is 0 Å². The van der Waals surface area contributed by atoms with Crippen molar-refractivity contribution < 1.29 is 14.1 Å². The van der Waals surface area contributed by atoms with Gasteiger partial charge in [0.05, 0.1) is 0 Å². The molecule has 0 saturated carbocycles. The third-order valence-electron chi connectivity index (χ3n) is 5.40. The molecule has 1 atom stereocenters. The zero-order chi connectivity index (χ0) is 21.5. The van der Waals surface area contributed by atoms with E-state index in [-0.39, 0.29) is 24.2 Å². The van der Waals surface area contributed by atoms with Crippen LogP contribution in [0.1, 0.15) is 48.0 Å². The number of hydrogen-bond acceptors (Lipinski definition) is 6. The number of rotatable bonds is 3. The van der Waals surface area contributed by atoms with Gasteiger partial charge in [0.25, 0.3) is 5.91 Å². The number of carbonyl (C=O) groups is 2. The topological polar surface area (TPSA) is 101 Å². The largest absolute Gasteiger partial charge is 0.356 e. The summed E-state index contributed by atoms with van der Waals surface area (Å²) in [5.74, 6) is 0.898. The minimum Gasteiger partial charge on any atom is -0.356 e. The standard InChI is InChI=1S/C23H25N5O3/c29-20-12-16-28(23(30)19-10-4-5-13-24-19)15-6-9-18(11-14-25-20)22-26-21(27-31-22)17-7-2-1-3-8-17/h1-5,7-8,10,13,18H,6,9,11-12,14-16H2,(H,25,29). The quantitative estimate of drug-likeness (QED) is 0.700. The monoisotopic (exact) mass is 419 g/mol. The molecule has 1 fully saturated rings. The van der Waals surface area contributed by atoms with Crippen molar-refractivity contribution >= 4 is 11.8 Å². The molecule has 1 aliphatic rings. The number of pyridine rings is 1. The van der Waals surface area contributed by atoms with Crippen LogP contribution in [-0.4, -0.2) is 51.5 Å². The molecule has 1 aromatic carbocycles. The molecule has 0 spiro atoms. The molecule has 0 bridgehead atoms. The lowest BCUT2D eigenvalue weighted by Crippen LogP contribution is -2.36. The predicted octanol–water partition coefficient (Wildman–Crippen LogP) is 3.05. The zero-order valence-electron chi connectivity index (χ0n) is 17.2. The van der Waals surface area contributed by atoms with Gasteiger partial charge in [-0.1, -0.05) is 41.6 Å². The van der Waals surface area contributed by atoms with Gasteiger partial charge in [-0.05, 0) is 31.4 Å². The molecule has 2 aromatic heterocycles. The van der Waals surface area contributed by atoms with Gasteiger partial charge in [0.2, 0.25) is 17.6 Å². The summed E-state index contributed by atoms with van der Waals surface area (Å²) in [6.07, 6.45) is 4.11. The molecule has 4 rings (SSSR count). The third kappa shape index (κ3) is 5.33. The number of nitrogens with one attached hydrogen (secondary N) is 1. The van der Waals surface area contributed by atoms with E-state index in [9.17, 15) is 9.59 Å². The van der Waals surface area contributed by atoms with Crippen molar-refractivity contribution in [2.24, 2.45) is 0 Å². The lowest BCUT2D eigenvalue weighted by molar-refractivity contribution is -0.121. The highest BCUT2D eigenvalue weighted by Crippen LogP contribution is 2.26. The summed E-state index contributed by atoms with van der Waals surface area (Å²) in [4.78, 5) is 35.5. The molecule has 3 heterocycles. The molecule has 160 valence electrons. The van der Waals surface area contributed by atoms with Crippen LogP contribution in [0.5, 0.6) is 0 Å². The second-order valence-corrected chi connectivity index (χ2v) is 7.56. The first-order chi connectivity index (χ1) is 15.2. The summed E-state index contributed by atoms with van der Waals surface area (Å²) in [6.45, 7) is 1.43. The minimum atomic E-state index is -0.159. The number of carbonyl (C=O) groups excluding carboxylic acids is 2. The average molecular weight is 419 g/mol. The highest BCUT2D eigenvalue weighted by Gasteiger charge is 2.23. The Labute approximate surface area is 180 Å². The lowest BCUT2D eigenvalue weighted by atomic mass is 9.99. The van der Waals surface area contributed by atoms with Gasteiger partial charge in [-0.2, -0.15) is 4.98 Å². The molecule has 31 heavy (non-hydrogen) atoms. The fraction of sp³-hybridized carbons (Fsp3) is 0.348. The molecular weight excluding hydrogens is 394 g/mol. The van der Waals surface area contributed by atoms with E-state index >= 15 is 0 Å². The first kappa shape index (κ1) is 20.7. The normalized spacial score (nSPS) is 18.1. The summed E-state index contributed by atoms with van der Waals surface area (Å²) in [6, 6.07) is 14.9. The number of hydrogen-bond donors (Lipinski definition) is 1. The Kier molecular flexibility index (Phi) is 6.66. The number of benzene rings is 1. The SMILES string of the molecule is O=C1CCN(C(=O)c2ccccn2)CCCC(c2nc(-c3ccccc3)no2)CCN1. The van der Waals surface area contributed by atoms with Gasteiger partial charge in [-0.15, -0.1) is 0 Å². The summed E-state index contributed by atoms with van der Waals surface area (Å²) in [5.41, 5.74) is 1.29. The smallest absolute Gasteiger partial charge is 0.272 e. The molecule has 1 saturated heterocycles. The van der Waals surface area contributed by atoms with Crippen LogP contribution in [0.4, 0.5) is 0 Å². The fourth-order valence-electron chi connectivity index (χ4n) is 3.70. The van der Waals surface area contributed by atoms with E-state index in [2.05, 4.69) is 20.4 Å². The van der Waals surface area contributed by atoms with Crippen molar-refractivity contribution in [2.45, 2.75) is 31.6 Å². The second kappa shape index (κ2) is 9.97. The molecule has 2 amide bonds. The van der Waals surface area contributed by atoms with E-state index in [1.54, 1.807) is 29.3 Å². The van der Waals surface area contributed by atoms with Gasteiger partial charge >= 0.3 is 0 Å². The molecule has 1 unspecified atom stereocenters. The van der Waals surface area contributed by atoms with Crippen molar-refractivity contribution in [3.05, 3.63) is 66.3 Å². The van der Waals surface area contributed by atoms with Crippen LogP contribution in [0.2, 0.25) is 0 Å².